The van der Waals surface area contributed by atoms with E-state index in [4.69, 9.17) is 9.47 Å². The van der Waals surface area contributed by atoms with Gasteiger partial charge in [-0.2, -0.15) is 0 Å². The fraction of sp³-hybridized carbons (Fsp3) is 0.226. The molecular formula is C31H28N6O6S. The van der Waals surface area contributed by atoms with Gasteiger partial charge in [0.15, 0.2) is 24.5 Å². The summed E-state index contributed by atoms with van der Waals surface area (Å²) < 4.78 is 13.6. The zero-order chi connectivity index (χ0) is 30.6. The Balaban J connectivity index is 1.28. The molecule has 0 saturated carbocycles. The minimum Gasteiger partial charge on any atom is -0.448 e. The molecule has 0 spiro atoms. The van der Waals surface area contributed by atoms with E-state index in [1.165, 1.54) is 21.3 Å². The van der Waals surface area contributed by atoms with Crippen LogP contribution >= 0.6 is 11.8 Å². The van der Waals surface area contributed by atoms with Gasteiger partial charge in [0.25, 0.3) is 11.8 Å². The number of aromatic nitrogens is 4. The first-order chi connectivity index (χ1) is 21.4. The van der Waals surface area contributed by atoms with Crippen LogP contribution in [-0.2, 0) is 30.9 Å². The highest BCUT2D eigenvalue weighted by atomic mass is 32.2. The van der Waals surface area contributed by atoms with Crippen LogP contribution in [0.15, 0.2) is 107 Å². The summed E-state index contributed by atoms with van der Waals surface area (Å²) in [7, 11) is 1.69. The molecule has 13 heteroatoms. The number of nitrogens with zero attached hydrogens (tertiary/aromatic N) is 5. The number of β-lactam (4-membered cyclic amide) rings is 1. The van der Waals surface area contributed by atoms with Crippen LogP contribution < -0.4 is 5.32 Å². The zero-order valence-electron chi connectivity index (χ0n) is 23.5. The highest BCUT2D eigenvalue weighted by molar-refractivity contribution is 7.99. The van der Waals surface area contributed by atoms with Crippen LogP contribution in [0, 0.1) is 0 Å². The van der Waals surface area contributed by atoms with Gasteiger partial charge in [-0.25, -0.2) is 9.48 Å². The number of tetrazole rings is 1. The van der Waals surface area contributed by atoms with Crippen molar-refractivity contribution < 1.29 is 29.0 Å². The van der Waals surface area contributed by atoms with Gasteiger partial charge in [0, 0.05) is 12.8 Å². The third kappa shape index (κ3) is 5.84. The normalized spacial score (nSPS) is 18.4. The first kappa shape index (κ1) is 29.2. The van der Waals surface area contributed by atoms with Crippen LogP contribution in [0.5, 0.6) is 0 Å². The molecule has 2 amide bonds. The van der Waals surface area contributed by atoms with Crippen LogP contribution in [0.25, 0.3) is 0 Å². The number of esters is 1. The predicted octanol–water partition coefficient (Wildman–Crippen LogP) is 2.31. The number of fused-ring (bicyclic) bond motifs is 1. The molecular weight excluding hydrogens is 584 g/mol. The van der Waals surface area contributed by atoms with Crippen LogP contribution in [0.3, 0.4) is 0 Å². The third-order valence-electron chi connectivity index (χ3n) is 7.29. The van der Waals surface area contributed by atoms with E-state index in [2.05, 4.69) is 20.8 Å². The van der Waals surface area contributed by atoms with Crippen LogP contribution in [0.1, 0.15) is 28.9 Å². The second-order valence-electron chi connectivity index (χ2n) is 10.1. The van der Waals surface area contributed by atoms with Crippen molar-refractivity contribution >= 4 is 29.5 Å². The van der Waals surface area contributed by atoms with Gasteiger partial charge in [0.05, 0.1) is 6.61 Å². The maximum Gasteiger partial charge on any atom is 0.356 e. The Morgan fingerprint density at radius 2 is 1.59 bits per heavy atom. The number of carbonyl (C=O) groups excluding carboxylic acids is 3. The molecule has 44 heavy (non-hydrogen) atoms. The number of benzene rings is 3. The highest BCUT2D eigenvalue weighted by Crippen LogP contribution is 2.37. The molecule has 2 aliphatic rings. The minimum absolute atomic E-state index is 0.00783. The molecule has 1 aromatic heterocycles. The second-order valence-corrected chi connectivity index (χ2v) is 11.1. The van der Waals surface area contributed by atoms with E-state index in [0.29, 0.717) is 16.3 Å². The minimum atomic E-state index is -1.48. The van der Waals surface area contributed by atoms with Crippen LogP contribution in [-0.4, -0.2) is 72.6 Å². The maximum atomic E-state index is 14.0. The zero-order valence-corrected chi connectivity index (χ0v) is 24.3. The summed E-state index contributed by atoms with van der Waals surface area (Å²) in [6.07, 6.45) is -3.19. The molecule has 12 nitrogen and oxygen atoms in total. The van der Waals surface area contributed by atoms with Crippen molar-refractivity contribution in [2.75, 3.05) is 12.4 Å². The summed E-state index contributed by atoms with van der Waals surface area (Å²) in [5, 5.41) is 25.1. The molecule has 2 N–H and O–H groups in total. The third-order valence-corrected chi connectivity index (χ3v) is 8.39. The Morgan fingerprint density at radius 1 is 1.00 bits per heavy atom. The van der Waals surface area contributed by atoms with Crippen molar-refractivity contribution in [1.29, 1.82) is 0 Å². The van der Waals surface area contributed by atoms with E-state index < -0.39 is 42.3 Å². The first-order valence-corrected chi connectivity index (χ1v) is 14.8. The second kappa shape index (κ2) is 12.8. The van der Waals surface area contributed by atoms with Gasteiger partial charge < -0.3 is 19.9 Å². The number of nitrogens with one attached hydrogen (secondary N) is 1. The molecule has 6 rings (SSSR count). The molecule has 1 saturated heterocycles. The van der Waals surface area contributed by atoms with E-state index in [-0.39, 0.29) is 18.1 Å². The van der Waals surface area contributed by atoms with Gasteiger partial charge in [-0.3, -0.25) is 14.5 Å². The molecule has 3 heterocycles. The number of hydrogen-bond donors (Lipinski definition) is 2. The highest BCUT2D eigenvalue weighted by Gasteiger charge is 2.55. The summed E-state index contributed by atoms with van der Waals surface area (Å²) in [6.45, 7) is -0.00783. The van der Waals surface area contributed by atoms with Gasteiger partial charge in [-0.1, -0.05) is 103 Å². The Morgan fingerprint density at radius 3 is 2.16 bits per heavy atom. The van der Waals surface area contributed by atoms with Crippen LogP contribution in [0.4, 0.5) is 0 Å². The predicted molar refractivity (Wildman–Crippen MR) is 157 cm³/mol. The average Bonchev–Trinajstić information content (AvgIpc) is 3.49. The molecule has 3 atom stereocenters. The fourth-order valence-corrected chi connectivity index (χ4v) is 5.88. The van der Waals surface area contributed by atoms with E-state index in [1.807, 2.05) is 60.7 Å². The lowest BCUT2D eigenvalue weighted by atomic mass is 9.97. The standard InChI is InChI=1S/C31H28N6O6S/c1-36-31(33-34-35-36)44-18-22-17-42-29-23(32-27(39)25(38)19-11-5-2-6-12-19)28(40)37(29)24(22)30(41)43-26(20-13-7-3-8-14-20)21-15-9-4-10-16-21/h2-16,23,25-26,29,38H,17-18H2,1H3,(H,32,39)/t23-,25-,29-/m1/s1. The number of ether oxygens (including phenoxy) is 2. The number of hydrogen-bond acceptors (Lipinski definition) is 10. The van der Waals surface area contributed by atoms with Gasteiger partial charge >= 0.3 is 5.97 Å². The fourth-order valence-electron chi connectivity index (χ4n) is 5.04. The molecule has 0 radical (unpaired) electrons. The summed E-state index contributed by atoms with van der Waals surface area (Å²) in [5.74, 6) is -1.80. The van der Waals surface area contributed by atoms with Gasteiger partial charge in [-0.15, -0.1) is 5.10 Å². The molecule has 0 unspecified atom stereocenters. The smallest absolute Gasteiger partial charge is 0.356 e. The summed E-state index contributed by atoms with van der Waals surface area (Å²) in [6, 6.07) is 25.9. The van der Waals surface area contributed by atoms with Gasteiger partial charge in [-0.05, 0) is 32.7 Å². The Labute approximate surface area is 256 Å². The first-order valence-electron chi connectivity index (χ1n) is 13.8. The molecule has 224 valence electrons. The summed E-state index contributed by atoms with van der Waals surface area (Å²) >= 11 is 1.28. The number of amides is 2. The average molecular weight is 613 g/mol. The van der Waals surface area contributed by atoms with Crippen molar-refractivity contribution in [2.45, 2.75) is 29.6 Å². The van der Waals surface area contributed by atoms with Crippen molar-refractivity contribution in [3.05, 3.63) is 119 Å². The van der Waals surface area contributed by atoms with E-state index in [9.17, 15) is 19.5 Å². The SMILES string of the molecule is Cn1nnnc1SCC1=C(C(=O)OC(c2ccccc2)c2ccccc2)N2C(=O)[C@@H](NC(=O)[C@H](O)c3ccccc3)[C@H]2OC1. The lowest BCUT2D eigenvalue weighted by molar-refractivity contribution is -0.187. The Kier molecular flexibility index (Phi) is 8.50. The number of carbonyl (C=O) groups is 3. The molecule has 2 aliphatic heterocycles. The Bertz CT molecular complexity index is 1640. The van der Waals surface area contributed by atoms with Crippen molar-refractivity contribution in [2.24, 2.45) is 7.05 Å². The lowest BCUT2D eigenvalue weighted by Crippen LogP contribution is -2.73. The van der Waals surface area contributed by atoms with Gasteiger partial charge in [0.2, 0.25) is 5.16 Å². The summed E-state index contributed by atoms with van der Waals surface area (Å²) in [5.41, 5.74) is 2.44. The quantitative estimate of drug-likeness (QED) is 0.155. The molecule has 0 aliphatic carbocycles. The molecule has 0 bridgehead atoms. The number of thioether (sulfide) groups is 1. The van der Waals surface area contributed by atoms with Crippen LogP contribution in [0.2, 0.25) is 0 Å². The van der Waals surface area contributed by atoms with Gasteiger partial charge in [0.1, 0.15) is 5.70 Å². The summed E-state index contributed by atoms with van der Waals surface area (Å²) in [4.78, 5) is 41.6. The number of aliphatic hydroxyl groups is 1. The van der Waals surface area contributed by atoms with E-state index in [1.54, 1.807) is 37.4 Å². The number of aryl methyl sites for hydroxylation is 1. The largest absolute Gasteiger partial charge is 0.448 e. The van der Waals surface area contributed by atoms with Crippen molar-refractivity contribution in [3.63, 3.8) is 0 Å². The molecule has 3 aromatic carbocycles. The number of aliphatic hydroxyl groups excluding tert-OH is 1. The topological polar surface area (TPSA) is 149 Å². The van der Waals surface area contributed by atoms with E-state index >= 15 is 0 Å². The van der Waals surface area contributed by atoms with Crippen molar-refractivity contribution in [1.82, 2.24) is 30.4 Å². The van der Waals surface area contributed by atoms with E-state index in [0.717, 1.165) is 11.1 Å². The van der Waals surface area contributed by atoms with Crippen molar-refractivity contribution in [3.8, 4) is 0 Å². The maximum absolute atomic E-state index is 14.0. The Hall–Kier alpha value is -4.85. The lowest BCUT2D eigenvalue weighted by Gasteiger charge is -2.49. The number of rotatable bonds is 10. The molecule has 1 fully saturated rings. The molecule has 4 aromatic rings. The monoisotopic (exact) mass is 612 g/mol.